The van der Waals surface area contributed by atoms with Gasteiger partial charge in [-0.1, -0.05) is 34.7 Å². The molecular weight excluding hydrogens is 426 g/mol. The van der Waals surface area contributed by atoms with E-state index in [1.54, 1.807) is 37.3 Å². The molecule has 0 spiro atoms. The molecule has 4 rings (SSSR count). The number of carbonyl (C=O) groups is 1. The summed E-state index contributed by atoms with van der Waals surface area (Å²) in [5.41, 5.74) is 14.5. The van der Waals surface area contributed by atoms with Crippen LogP contribution in [0.25, 0.3) is 20.8 Å². The maximum Gasteiger partial charge on any atom is 0.338 e. The van der Waals surface area contributed by atoms with Crippen LogP contribution < -0.4 is 16.2 Å². The number of thiazole rings is 1. The standard InChI is InChI=1S/C18H17N7O5S/c1-8(29-16(27)9-5-3-2-4-6-9)11-7-10(23-24-20)15(30-11)25-13-12(31-18(25)28)14(26)22-17(19)21-13/h2-6,8,10-11,15H,7H2,1H3,(H3,19,21,22,26)/t8?,10-,11+,15-/m1/s1. The van der Waals surface area contributed by atoms with E-state index in [0.717, 1.165) is 4.57 Å². The number of aromatic amines is 1. The number of nitrogens with zero attached hydrogens (tertiary/aromatic N) is 5. The molecule has 0 radical (unpaired) electrons. The molecule has 1 aliphatic rings. The zero-order chi connectivity index (χ0) is 22.1. The third kappa shape index (κ3) is 3.89. The van der Waals surface area contributed by atoms with Crippen molar-refractivity contribution in [1.29, 1.82) is 0 Å². The molecule has 1 unspecified atom stereocenters. The second-order valence-electron chi connectivity index (χ2n) is 6.89. The van der Waals surface area contributed by atoms with Crippen LogP contribution in [0.2, 0.25) is 0 Å². The van der Waals surface area contributed by atoms with Gasteiger partial charge >= 0.3 is 10.8 Å². The Labute approximate surface area is 177 Å². The number of nitrogen functional groups attached to an aromatic ring is 1. The highest BCUT2D eigenvalue weighted by Crippen LogP contribution is 2.35. The number of ether oxygens (including phenoxy) is 2. The minimum atomic E-state index is -1.03. The Balaban J connectivity index is 1.64. The molecular formula is C18H17N7O5S. The number of anilines is 1. The Bertz CT molecular complexity index is 1290. The van der Waals surface area contributed by atoms with Crippen LogP contribution >= 0.6 is 11.3 Å². The average Bonchev–Trinajstić information content (AvgIpc) is 3.29. The number of nitrogens with two attached hydrogens (primary N) is 1. The molecule has 1 saturated heterocycles. The topological polar surface area (TPSA) is 178 Å². The number of hydrogen-bond donors (Lipinski definition) is 2. The summed E-state index contributed by atoms with van der Waals surface area (Å²) in [6.07, 6.45) is -2.19. The summed E-state index contributed by atoms with van der Waals surface area (Å²) in [4.78, 5) is 45.8. The van der Waals surface area contributed by atoms with E-state index in [2.05, 4.69) is 20.0 Å². The maximum atomic E-state index is 12.6. The first-order chi connectivity index (χ1) is 14.9. The maximum absolute atomic E-state index is 12.6. The fourth-order valence-electron chi connectivity index (χ4n) is 3.44. The fraction of sp³-hybridized carbons (Fsp3) is 0.333. The van der Waals surface area contributed by atoms with Crippen LogP contribution in [-0.2, 0) is 9.47 Å². The van der Waals surface area contributed by atoms with Crippen molar-refractivity contribution in [3.05, 3.63) is 66.4 Å². The van der Waals surface area contributed by atoms with E-state index in [1.807, 2.05) is 0 Å². The van der Waals surface area contributed by atoms with Crippen LogP contribution in [0, 0.1) is 0 Å². The van der Waals surface area contributed by atoms with Crippen molar-refractivity contribution in [1.82, 2.24) is 14.5 Å². The lowest BCUT2D eigenvalue weighted by Gasteiger charge is -2.21. The van der Waals surface area contributed by atoms with E-state index in [-0.39, 0.29) is 22.7 Å². The Morgan fingerprint density at radius 3 is 2.90 bits per heavy atom. The van der Waals surface area contributed by atoms with Gasteiger partial charge in [0, 0.05) is 4.91 Å². The molecule has 3 aromatic rings. The number of esters is 1. The molecule has 0 bridgehead atoms. The zero-order valence-electron chi connectivity index (χ0n) is 16.2. The Kier molecular flexibility index (Phi) is 5.46. The molecule has 0 aliphatic carbocycles. The normalized spacial score (nSPS) is 21.5. The van der Waals surface area contributed by atoms with Crippen molar-refractivity contribution in [3.63, 3.8) is 0 Å². The summed E-state index contributed by atoms with van der Waals surface area (Å²) in [6.45, 7) is 1.65. The lowest BCUT2D eigenvalue weighted by Crippen LogP contribution is -2.30. The number of azide groups is 1. The molecule has 160 valence electrons. The molecule has 4 atom stereocenters. The quantitative estimate of drug-likeness (QED) is 0.262. The van der Waals surface area contributed by atoms with E-state index < -0.39 is 40.9 Å². The molecule has 3 heterocycles. The highest BCUT2D eigenvalue weighted by atomic mass is 32.1. The molecule has 1 aromatic carbocycles. The number of carbonyl (C=O) groups excluding carboxylic acids is 1. The largest absolute Gasteiger partial charge is 0.456 e. The Hall–Kier alpha value is -3.67. The third-order valence-electron chi connectivity index (χ3n) is 4.89. The first-order valence-corrected chi connectivity index (χ1v) is 10.1. The minimum absolute atomic E-state index is 0.0361. The van der Waals surface area contributed by atoms with Gasteiger partial charge in [0.2, 0.25) is 5.95 Å². The van der Waals surface area contributed by atoms with Crippen molar-refractivity contribution in [2.24, 2.45) is 5.11 Å². The van der Waals surface area contributed by atoms with Gasteiger partial charge in [0.05, 0.1) is 17.7 Å². The molecule has 13 heteroatoms. The summed E-state index contributed by atoms with van der Waals surface area (Å²) in [6, 6.07) is 7.68. The van der Waals surface area contributed by atoms with E-state index in [4.69, 9.17) is 20.7 Å². The van der Waals surface area contributed by atoms with Gasteiger partial charge in [-0.2, -0.15) is 4.98 Å². The third-order valence-corrected chi connectivity index (χ3v) is 5.83. The molecule has 1 aliphatic heterocycles. The summed E-state index contributed by atoms with van der Waals surface area (Å²) in [7, 11) is 0. The van der Waals surface area contributed by atoms with Crippen molar-refractivity contribution >= 4 is 33.6 Å². The predicted molar refractivity (Wildman–Crippen MR) is 112 cm³/mol. The molecule has 0 saturated carbocycles. The number of aromatic nitrogens is 3. The summed E-state index contributed by atoms with van der Waals surface area (Å²) < 4.78 is 12.7. The van der Waals surface area contributed by atoms with Crippen molar-refractivity contribution in [3.8, 4) is 0 Å². The minimum Gasteiger partial charge on any atom is -0.456 e. The van der Waals surface area contributed by atoms with Gasteiger partial charge in [-0.25, -0.2) is 4.79 Å². The second-order valence-corrected chi connectivity index (χ2v) is 7.85. The first kappa shape index (κ1) is 20.6. The van der Waals surface area contributed by atoms with Gasteiger partial charge in [-0.3, -0.25) is 19.1 Å². The lowest BCUT2D eigenvalue weighted by atomic mass is 10.1. The van der Waals surface area contributed by atoms with Crippen LogP contribution in [0.15, 0.2) is 45.0 Å². The zero-order valence-corrected chi connectivity index (χ0v) is 17.0. The fourth-order valence-corrected chi connectivity index (χ4v) is 4.28. The van der Waals surface area contributed by atoms with Crippen LogP contribution in [0.1, 0.15) is 29.9 Å². The Morgan fingerprint density at radius 1 is 1.45 bits per heavy atom. The highest BCUT2D eigenvalue weighted by Gasteiger charge is 2.41. The predicted octanol–water partition coefficient (Wildman–Crippen LogP) is 1.94. The molecule has 31 heavy (non-hydrogen) atoms. The lowest BCUT2D eigenvalue weighted by molar-refractivity contribution is -0.0639. The average molecular weight is 443 g/mol. The second kappa shape index (κ2) is 8.22. The van der Waals surface area contributed by atoms with Crippen molar-refractivity contribution in [2.45, 2.75) is 37.8 Å². The van der Waals surface area contributed by atoms with Gasteiger partial charge in [0.15, 0.2) is 5.65 Å². The van der Waals surface area contributed by atoms with Crippen molar-refractivity contribution in [2.75, 3.05) is 5.73 Å². The van der Waals surface area contributed by atoms with Gasteiger partial charge in [-0.15, -0.1) is 0 Å². The summed E-state index contributed by atoms with van der Waals surface area (Å²) in [5.74, 6) is -0.691. The number of benzene rings is 1. The van der Waals surface area contributed by atoms with Gasteiger partial charge in [-0.05, 0) is 31.0 Å². The molecule has 12 nitrogen and oxygen atoms in total. The number of rotatable bonds is 5. The number of nitrogens with one attached hydrogen (secondary N) is 1. The monoisotopic (exact) mass is 443 g/mol. The molecule has 1 fully saturated rings. The van der Waals surface area contributed by atoms with Crippen LogP contribution in [-0.4, -0.2) is 38.8 Å². The molecule has 3 N–H and O–H groups in total. The number of fused-ring (bicyclic) bond motifs is 1. The van der Waals surface area contributed by atoms with Gasteiger partial charge < -0.3 is 15.2 Å². The summed E-state index contributed by atoms with van der Waals surface area (Å²) in [5, 5.41) is 3.74. The number of hydrogen-bond acceptors (Lipinski definition) is 9. The van der Waals surface area contributed by atoms with E-state index in [0.29, 0.717) is 16.9 Å². The van der Waals surface area contributed by atoms with E-state index in [1.165, 1.54) is 0 Å². The van der Waals surface area contributed by atoms with Gasteiger partial charge in [0.1, 0.15) is 17.0 Å². The van der Waals surface area contributed by atoms with Crippen LogP contribution in [0.3, 0.4) is 0 Å². The molecule has 2 aromatic heterocycles. The summed E-state index contributed by atoms with van der Waals surface area (Å²) >= 11 is 0.684. The number of H-pyrrole nitrogens is 1. The first-order valence-electron chi connectivity index (χ1n) is 9.25. The van der Waals surface area contributed by atoms with E-state index >= 15 is 0 Å². The molecule has 0 amide bonds. The Morgan fingerprint density at radius 2 is 2.19 bits per heavy atom. The van der Waals surface area contributed by atoms with Crippen LogP contribution in [0.4, 0.5) is 5.95 Å². The van der Waals surface area contributed by atoms with E-state index in [9.17, 15) is 14.4 Å². The van der Waals surface area contributed by atoms with Gasteiger partial charge in [0.25, 0.3) is 5.56 Å². The van der Waals surface area contributed by atoms with Crippen LogP contribution in [0.5, 0.6) is 0 Å². The van der Waals surface area contributed by atoms with Crippen molar-refractivity contribution < 1.29 is 14.3 Å². The smallest absolute Gasteiger partial charge is 0.338 e. The highest BCUT2D eigenvalue weighted by molar-refractivity contribution is 7.16. The SMILES string of the molecule is CC(OC(=O)c1ccccc1)[C@@H]1C[C@@H](N=[N+]=[N-])[C@H](n2c(=O)sc3c(=O)[nH]c(N)nc32)O1.